The van der Waals surface area contributed by atoms with Gasteiger partial charge in [-0.1, -0.05) is 84.9 Å². The van der Waals surface area contributed by atoms with E-state index in [2.05, 4.69) is 107 Å². The van der Waals surface area contributed by atoms with Gasteiger partial charge in [0.25, 0.3) is 0 Å². The molecule has 51 heavy (non-hydrogen) atoms. The minimum Gasteiger partial charge on any atom is -0.344 e. The van der Waals surface area contributed by atoms with Crippen molar-refractivity contribution in [3.63, 3.8) is 0 Å². The maximum absolute atomic E-state index is 13.7. The van der Waals surface area contributed by atoms with Crippen LogP contribution in [-0.2, 0) is 16.9 Å². The molecule has 7 aromatic carbocycles. The van der Waals surface area contributed by atoms with E-state index in [9.17, 15) is 13.2 Å². The second-order valence-electron chi connectivity index (χ2n) is 13.3. The Hall–Kier alpha value is -6.02. The summed E-state index contributed by atoms with van der Waals surface area (Å²) in [5.41, 5.74) is 8.03. The summed E-state index contributed by atoms with van der Waals surface area (Å²) in [6.07, 6.45) is 0. The number of benzene rings is 7. The van der Waals surface area contributed by atoms with Crippen LogP contribution in [-0.4, -0.2) is 23.3 Å². The van der Waals surface area contributed by atoms with Crippen LogP contribution in [0.5, 0.6) is 0 Å². The van der Waals surface area contributed by atoms with E-state index in [0.29, 0.717) is 0 Å². The summed E-state index contributed by atoms with van der Waals surface area (Å²) in [5.74, 6) is -0.269. The zero-order chi connectivity index (χ0) is 34.2. The fraction of sp³-hybridized carbons (Fsp3) is 0.0227. The van der Waals surface area contributed by atoms with E-state index < -0.39 is 9.84 Å². The fourth-order valence-corrected chi connectivity index (χ4v) is 11.3. The summed E-state index contributed by atoms with van der Waals surface area (Å²) in [6, 6.07) is 46.3. The molecule has 0 N–H and O–H groups in total. The van der Waals surface area contributed by atoms with E-state index in [4.69, 9.17) is 0 Å². The number of aromatic nitrogens is 2. The zero-order valence-corrected chi connectivity index (χ0v) is 28.8. The predicted octanol–water partition coefficient (Wildman–Crippen LogP) is 10.8. The molecule has 0 saturated carbocycles. The molecule has 0 spiro atoms. The number of para-hydroxylation sites is 2. The van der Waals surface area contributed by atoms with Crippen molar-refractivity contribution in [2.45, 2.75) is 9.79 Å². The molecular formula is C44H26N2O3S2. The second kappa shape index (κ2) is 10.0. The second-order valence-corrected chi connectivity index (χ2v) is 16.2. The SMILES string of the molecule is Cn1c2ccccc2c2cc3c(cc21)c1ccccc1n3-c1cccc2c1sc1c(-c3ccc4c(c3)C(=O)c3ccccc3S4(=O)=O)cccc12. The Morgan fingerprint density at radius 1 is 0.490 bits per heavy atom. The molecule has 0 saturated heterocycles. The Bertz CT molecular complexity index is 3310. The molecule has 0 atom stereocenters. The van der Waals surface area contributed by atoms with E-state index in [0.717, 1.165) is 48.0 Å². The van der Waals surface area contributed by atoms with Crippen LogP contribution in [0.15, 0.2) is 149 Å². The van der Waals surface area contributed by atoms with Gasteiger partial charge in [-0.2, -0.15) is 0 Å². The summed E-state index contributed by atoms with van der Waals surface area (Å²) in [6.45, 7) is 0. The third-order valence-corrected chi connectivity index (χ3v) is 13.8. The highest BCUT2D eigenvalue weighted by atomic mass is 32.2. The molecule has 0 unspecified atom stereocenters. The first-order valence-electron chi connectivity index (χ1n) is 16.8. The van der Waals surface area contributed by atoms with Crippen LogP contribution < -0.4 is 0 Å². The highest BCUT2D eigenvalue weighted by Gasteiger charge is 2.34. The molecule has 4 heterocycles. The summed E-state index contributed by atoms with van der Waals surface area (Å²) in [5, 5.41) is 7.14. The van der Waals surface area contributed by atoms with E-state index in [1.54, 1.807) is 41.7 Å². The van der Waals surface area contributed by atoms with E-state index >= 15 is 0 Å². The first-order valence-corrected chi connectivity index (χ1v) is 19.1. The van der Waals surface area contributed by atoms with Gasteiger partial charge in [0, 0.05) is 66.2 Å². The Labute approximate surface area is 296 Å². The molecule has 7 heteroatoms. The average molecular weight is 695 g/mol. The highest BCUT2D eigenvalue weighted by molar-refractivity contribution is 7.91. The molecule has 0 fully saturated rings. The molecule has 10 aromatic rings. The Morgan fingerprint density at radius 3 is 1.94 bits per heavy atom. The molecule has 0 aliphatic carbocycles. The monoisotopic (exact) mass is 694 g/mol. The van der Waals surface area contributed by atoms with Crippen LogP contribution >= 0.6 is 11.3 Å². The third kappa shape index (κ3) is 3.74. The van der Waals surface area contributed by atoms with Gasteiger partial charge in [0.15, 0.2) is 5.78 Å². The molecule has 3 aromatic heterocycles. The smallest absolute Gasteiger partial charge is 0.208 e. The zero-order valence-electron chi connectivity index (χ0n) is 27.2. The number of hydrogen-bond acceptors (Lipinski definition) is 4. The standard InChI is InChI=1S/C44H26N2O3S2/c1-45-35-16-5-2-10-27(35)32-24-39-33(23-38(32)45)28-11-3-6-17-36(28)46(39)37-18-9-15-30-29-14-8-13-26(43(29)50-44(30)37)25-20-21-41-34(22-25)42(47)31-12-4-7-19-40(31)51(41,48)49/h2-24H,1H3. The first kappa shape index (κ1) is 28.8. The predicted molar refractivity (Wildman–Crippen MR) is 208 cm³/mol. The number of nitrogens with zero attached hydrogens (tertiary/aromatic N) is 2. The van der Waals surface area contributed by atoms with Crippen molar-refractivity contribution in [1.29, 1.82) is 0 Å². The minimum absolute atomic E-state index is 0.0624. The lowest BCUT2D eigenvalue weighted by Crippen LogP contribution is -2.20. The summed E-state index contributed by atoms with van der Waals surface area (Å²) in [4.78, 5) is 13.8. The highest BCUT2D eigenvalue weighted by Crippen LogP contribution is 2.46. The Balaban J connectivity index is 1.17. The number of aryl methyl sites for hydroxylation is 1. The van der Waals surface area contributed by atoms with Crippen LogP contribution in [0.2, 0.25) is 0 Å². The quantitative estimate of drug-likeness (QED) is 0.181. The van der Waals surface area contributed by atoms with Gasteiger partial charge >= 0.3 is 0 Å². The summed E-state index contributed by atoms with van der Waals surface area (Å²) < 4.78 is 34.0. The number of sulfone groups is 1. The minimum atomic E-state index is -3.81. The number of hydrogen-bond donors (Lipinski definition) is 0. The van der Waals surface area contributed by atoms with Gasteiger partial charge in [0.05, 0.1) is 31.2 Å². The van der Waals surface area contributed by atoms with E-state index in [1.807, 2.05) is 12.1 Å². The molecule has 5 nitrogen and oxygen atoms in total. The van der Waals surface area contributed by atoms with Crippen LogP contribution in [0.1, 0.15) is 15.9 Å². The van der Waals surface area contributed by atoms with Gasteiger partial charge < -0.3 is 9.13 Å². The molecule has 0 radical (unpaired) electrons. The maximum Gasteiger partial charge on any atom is 0.208 e. The Morgan fingerprint density at radius 2 is 1.10 bits per heavy atom. The molecule has 0 amide bonds. The van der Waals surface area contributed by atoms with Crippen molar-refractivity contribution < 1.29 is 13.2 Å². The molecule has 1 aliphatic rings. The fourth-order valence-electron chi connectivity index (χ4n) is 8.35. The number of carbonyl (C=O) groups excluding carboxylic acids is 1. The van der Waals surface area contributed by atoms with Gasteiger partial charge in [-0.15, -0.1) is 11.3 Å². The molecule has 11 rings (SSSR count). The summed E-state index contributed by atoms with van der Waals surface area (Å²) >= 11 is 1.73. The number of thiophene rings is 1. The molecule has 1 aliphatic heterocycles. The van der Waals surface area contributed by atoms with Crippen LogP contribution in [0, 0.1) is 0 Å². The lowest BCUT2D eigenvalue weighted by molar-refractivity contribution is 0.103. The molecular weight excluding hydrogens is 669 g/mol. The van der Waals surface area contributed by atoms with Crippen LogP contribution in [0.3, 0.4) is 0 Å². The molecule has 0 bridgehead atoms. The van der Waals surface area contributed by atoms with Gasteiger partial charge in [0.2, 0.25) is 9.84 Å². The van der Waals surface area contributed by atoms with Gasteiger partial charge in [0.1, 0.15) is 0 Å². The normalized spacial score (nSPS) is 13.9. The maximum atomic E-state index is 13.7. The number of rotatable bonds is 2. The van der Waals surface area contributed by atoms with Gasteiger partial charge in [-0.25, -0.2) is 8.42 Å². The van der Waals surface area contributed by atoms with Gasteiger partial charge in [-0.05, 0) is 65.7 Å². The Kier molecular flexibility index (Phi) is 5.66. The van der Waals surface area contributed by atoms with Crippen molar-refractivity contribution in [3.05, 3.63) is 151 Å². The van der Waals surface area contributed by atoms with Crippen molar-refractivity contribution in [3.8, 4) is 16.8 Å². The van der Waals surface area contributed by atoms with E-state index in [-0.39, 0.29) is 26.7 Å². The lowest BCUT2D eigenvalue weighted by Gasteiger charge is -2.19. The van der Waals surface area contributed by atoms with Crippen molar-refractivity contribution in [1.82, 2.24) is 9.13 Å². The average Bonchev–Trinajstić information content (AvgIpc) is 3.80. The van der Waals surface area contributed by atoms with Crippen molar-refractivity contribution in [2.24, 2.45) is 7.05 Å². The first-order chi connectivity index (χ1) is 24.9. The number of fused-ring (bicyclic) bond motifs is 11. The van der Waals surface area contributed by atoms with E-state index in [1.165, 1.54) is 38.6 Å². The van der Waals surface area contributed by atoms with Crippen molar-refractivity contribution in [2.75, 3.05) is 0 Å². The third-order valence-electron chi connectivity index (χ3n) is 10.7. The number of ketones is 1. The largest absolute Gasteiger partial charge is 0.344 e. The van der Waals surface area contributed by atoms with Gasteiger partial charge in [-0.3, -0.25) is 4.79 Å². The van der Waals surface area contributed by atoms with Crippen LogP contribution in [0.25, 0.3) is 80.6 Å². The lowest BCUT2D eigenvalue weighted by atomic mass is 9.96. The number of carbonyl (C=O) groups is 1. The molecule has 242 valence electrons. The van der Waals surface area contributed by atoms with Crippen LogP contribution in [0.4, 0.5) is 0 Å². The topological polar surface area (TPSA) is 61.1 Å². The van der Waals surface area contributed by atoms with Crippen molar-refractivity contribution >= 4 is 90.7 Å². The summed E-state index contributed by atoms with van der Waals surface area (Å²) in [7, 11) is -1.67.